The summed E-state index contributed by atoms with van der Waals surface area (Å²) in [6, 6.07) is 14.5. The fraction of sp³-hybridized carbons (Fsp3) is 0.318. The lowest BCUT2D eigenvalue weighted by Crippen LogP contribution is -2.35. The van der Waals surface area contributed by atoms with Gasteiger partial charge in [0.2, 0.25) is 0 Å². The van der Waals surface area contributed by atoms with E-state index in [4.69, 9.17) is 9.47 Å². The quantitative estimate of drug-likeness (QED) is 0.808. The number of rotatable bonds is 5. The Bertz CT molecular complexity index is 933. The van der Waals surface area contributed by atoms with Crippen LogP contribution in [0.3, 0.4) is 0 Å². The average Bonchev–Trinajstić information content (AvgIpc) is 3.52. The highest BCUT2D eigenvalue weighted by Crippen LogP contribution is 2.46. The minimum Gasteiger partial charge on any atom is -0.469 e. The molecule has 1 fully saturated rings. The Hall–Kier alpha value is -3.15. The molecule has 2 aromatic carbocycles. The number of nitrogens with one attached hydrogen (secondary N) is 1. The molecule has 1 aliphatic carbocycles. The van der Waals surface area contributed by atoms with Gasteiger partial charge in [-0.25, -0.2) is 4.79 Å². The van der Waals surface area contributed by atoms with Gasteiger partial charge in [0, 0.05) is 18.5 Å². The molecule has 6 heteroatoms. The van der Waals surface area contributed by atoms with Crippen molar-refractivity contribution in [2.75, 3.05) is 13.7 Å². The van der Waals surface area contributed by atoms with Crippen molar-refractivity contribution in [2.45, 2.75) is 25.4 Å². The van der Waals surface area contributed by atoms with E-state index in [0.29, 0.717) is 17.5 Å². The van der Waals surface area contributed by atoms with Crippen LogP contribution in [-0.2, 0) is 20.7 Å². The van der Waals surface area contributed by atoms with Crippen LogP contribution in [0.2, 0.25) is 0 Å². The van der Waals surface area contributed by atoms with Gasteiger partial charge in [-0.1, -0.05) is 30.3 Å². The summed E-state index contributed by atoms with van der Waals surface area (Å²) in [5.74, 6) is -0.940. The molecule has 1 heterocycles. The third-order valence-corrected chi connectivity index (χ3v) is 5.47. The highest BCUT2D eigenvalue weighted by Gasteiger charge is 2.51. The summed E-state index contributed by atoms with van der Waals surface area (Å²) in [7, 11) is 1.36. The minimum atomic E-state index is -0.583. The molecule has 1 saturated carbocycles. The second-order valence-electron chi connectivity index (χ2n) is 7.34. The molecule has 1 atom stereocenters. The van der Waals surface area contributed by atoms with E-state index in [1.165, 1.54) is 7.11 Å². The van der Waals surface area contributed by atoms with Crippen molar-refractivity contribution in [3.8, 4) is 0 Å². The molecule has 144 valence electrons. The predicted octanol–water partition coefficient (Wildman–Crippen LogP) is 2.82. The lowest BCUT2D eigenvalue weighted by Gasteiger charge is -2.25. The van der Waals surface area contributed by atoms with Crippen molar-refractivity contribution in [3.05, 3.63) is 70.8 Å². The van der Waals surface area contributed by atoms with Crippen LogP contribution in [-0.4, -0.2) is 31.5 Å². The van der Waals surface area contributed by atoms with Gasteiger partial charge in [0.15, 0.2) is 0 Å². The molecule has 0 spiro atoms. The third-order valence-electron chi connectivity index (χ3n) is 5.47. The molecule has 0 saturated heterocycles. The standard InChI is InChI=1S/C22H21NO5/c1-27-21(26)22(9-10-22)13-23-19(24)15-7-8-17-16(11-15)12-18(28-20(17)25)14-5-3-2-4-6-14/h2-8,11,18H,9-10,12-13H2,1H3,(H,23,24). The van der Waals surface area contributed by atoms with E-state index >= 15 is 0 Å². The number of hydrogen-bond acceptors (Lipinski definition) is 5. The summed E-state index contributed by atoms with van der Waals surface area (Å²) in [6.07, 6.45) is 1.58. The number of ether oxygens (including phenoxy) is 2. The lowest BCUT2D eigenvalue weighted by atomic mass is 9.93. The number of fused-ring (bicyclic) bond motifs is 1. The summed E-state index contributed by atoms with van der Waals surface area (Å²) in [5, 5.41) is 2.82. The number of esters is 2. The summed E-state index contributed by atoms with van der Waals surface area (Å²) in [4.78, 5) is 36.7. The first kappa shape index (κ1) is 18.2. The van der Waals surface area contributed by atoms with E-state index in [-0.39, 0.29) is 30.5 Å². The molecule has 1 amide bonds. The SMILES string of the molecule is COC(=O)C1(CNC(=O)c2ccc3c(c2)CC(c2ccccc2)OC3=O)CC1. The molecule has 4 rings (SSSR count). The molecule has 6 nitrogen and oxygen atoms in total. The first-order valence-corrected chi connectivity index (χ1v) is 9.28. The van der Waals surface area contributed by atoms with Crippen molar-refractivity contribution >= 4 is 17.8 Å². The van der Waals surface area contributed by atoms with Gasteiger partial charge in [-0.15, -0.1) is 0 Å². The van der Waals surface area contributed by atoms with Gasteiger partial charge in [0.1, 0.15) is 6.10 Å². The van der Waals surface area contributed by atoms with Crippen molar-refractivity contribution < 1.29 is 23.9 Å². The van der Waals surface area contributed by atoms with Crippen LogP contribution < -0.4 is 5.32 Å². The lowest BCUT2D eigenvalue weighted by molar-refractivity contribution is -0.146. The average molecular weight is 379 g/mol. The summed E-state index contributed by atoms with van der Waals surface area (Å²) in [5.41, 5.74) is 2.07. The van der Waals surface area contributed by atoms with E-state index in [0.717, 1.165) is 24.0 Å². The van der Waals surface area contributed by atoms with E-state index < -0.39 is 5.41 Å². The number of hydrogen-bond donors (Lipinski definition) is 1. The van der Waals surface area contributed by atoms with Gasteiger partial charge in [-0.05, 0) is 42.2 Å². The van der Waals surface area contributed by atoms with Crippen LogP contribution in [0.5, 0.6) is 0 Å². The molecule has 1 N–H and O–H groups in total. The zero-order valence-corrected chi connectivity index (χ0v) is 15.6. The summed E-state index contributed by atoms with van der Waals surface area (Å²) < 4.78 is 10.4. The first-order valence-electron chi connectivity index (χ1n) is 9.28. The molecule has 0 aromatic heterocycles. The monoisotopic (exact) mass is 379 g/mol. The molecular formula is C22H21NO5. The van der Waals surface area contributed by atoms with Gasteiger partial charge in [-0.2, -0.15) is 0 Å². The zero-order valence-electron chi connectivity index (χ0n) is 15.6. The second-order valence-corrected chi connectivity index (χ2v) is 7.34. The number of carbonyl (C=O) groups excluding carboxylic acids is 3. The topological polar surface area (TPSA) is 81.7 Å². The largest absolute Gasteiger partial charge is 0.469 e. The number of amides is 1. The summed E-state index contributed by atoms with van der Waals surface area (Å²) in [6.45, 7) is 0.254. The van der Waals surface area contributed by atoms with Crippen LogP contribution in [0.4, 0.5) is 0 Å². The van der Waals surface area contributed by atoms with Crippen molar-refractivity contribution in [2.24, 2.45) is 5.41 Å². The van der Waals surface area contributed by atoms with Gasteiger partial charge in [0.25, 0.3) is 5.91 Å². The molecule has 2 aromatic rings. The number of methoxy groups -OCH3 is 1. The fourth-order valence-electron chi connectivity index (χ4n) is 3.56. The molecule has 1 unspecified atom stereocenters. The van der Waals surface area contributed by atoms with E-state index in [1.807, 2.05) is 30.3 Å². The Morgan fingerprint density at radius 3 is 2.61 bits per heavy atom. The Morgan fingerprint density at radius 2 is 1.93 bits per heavy atom. The number of benzene rings is 2. The van der Waals surface area contributed by atoms with Crippen LogP contribution >= 0.6 is 0 Å². The van der Waals surface area contributed by atoms with E-state index in [1.54, 1.807) is 18.2 Å². The highest BCUT2D eigenvalue weighted by atomic mass is 16.5. The Balaban J connectivity index is 1.50. The Morgan fingerprint density at radius 1 is 1.18 bits per heavy atom. The van der Waals surface area contributed by atoms with Crippen LogP contribution in [0.25, 0.3) is 0 Å². The van der Waals surface area contributed by atoms with Crippen LogP contribution in [0, 0.1) is 5.41 Å². The van der Waals surface area contributed by atoms with Gasteiger partial charge in [-0.3, -0.25) is 9.59 Å². The molecule has 1 aliphatic heterocycles. The molecule has 28 heavy (non-hydrogen) atoms. The maximum Gasteiger partial charge on any atom is 0.339 e. The normalized spacial score (nSPS) is 19.2. The first-order chi connectivity index (χ1) is 13.5. The maximum atomic E-state index is 12.6. The van der Waals surface area contributed by atoms with Crippen LogP contribution in [0.15, 0.2) is 48.5 Å². The van der Waals surface area contributed by atoms with Crippen molar-refractivity contribution in [1.29, 1.82) is 0 Å². The second kappa shape index (κ2) is 7.11. The Labute approximate surface area is 162 Å². The van der Waals surface area contributed by atoms with E-state index in [2.05, 4.69) is 5.32 Å². The molecule has 0 radical (unpaired) electrons. The predicted molar refractivity (Wildman–Crippen MR) is 101 cm³/mol. The zero-order chi connectivity index (χ0) is 19.7. The van der Waals surface area contributed by atoms with E-state index in [9.17, 15) is 14.4 Å². The third kappa shape index (κ3) is 3.38. The van der Waals surface area contributed by atoms with Gasteiger partial charge < -0.3 is 14.8 Å². The number of carbonyl (C=O) groups is 3. The minimum absolute atomic E-state index is 0.254. The molecular weight excluding hydrogens is 358 g/mol. The smallest absolute Gasteiger partial charge is 0.339 e. The fourth-order valence-corrected chi connectivity index (χ4v) is 3.56. The Kier molecular flexibility index (Phi) is 4.63. The molecule has 2 aliphatic rings. The van der Waals surface area contributed by atoms with Crippen molar-refractivity contribution in [3.63, 3.8) is 0 Å². The maximum absolute atomic E-state index is 12.6. The summed E-state index contributed by atoms with van der Waals surface area (Å²) >= 11 is 0. The number of cyclic esters (lactones) is 1. The van der Waals surface area contributed by atoms with Gasteiger partial charge >= 0.3 is 11.9 Å². The van der Waals surface area contributed by atoms with Crippen LogP contribution in [0.1, 0.15) is 50.8 Å². The van der Waals surface area contributed by atoms with Gasteiger partial charge in [0.05, 0.1) is 18.1 Å². The van der Waals surface area contributed by atoms with Crippen molar-refractivity contribution in [1.82, 2.24) is 5.32 Å². The molecule has 0 bridgehead atoms. The highest BCUT2D eigenvalue weighted by molar-refractivity contribution is 5.98.